The van der Waals surface area contributed by atoms with Crippen molar-refractivity contribution < 1.29 is 4.79 Å². The minimum absolute atomic E-state index is 0.0628. The number of nitrogens with one attached hydrogen (secondary N) is 1. The number of amides is 1. The molecular weight excluding hydrogens is 252 g/mol. The van der Waals surface area contributed by atoms with Gasteiger partial charge in [-0.2, -0.15) is 0 Å². The number of aryl methyl sites for hydroxylation is 3. The first kappa shape index (κ1) is 12.3. The number of anilines is 1. The van der Waals surface area contributed by atoms with Crippen molar-refractivity contribution in [2.75, 3.05) is 5.32 Å². The molecule has 3 nitrogen and oxygen atoms in total. The Morgan fingerprint density at radius 1 is 1.41 bits per heavy atom. The summed E-state index contributed by atoms with van der Waals surface area (Å²) in [4.78, 5) is 19.2. The van der Waals surface area contributed by atoms with Crippen LogP contribution in [0.5, 0.6) is 0 Å². The van der Waals surface area contributed by atoms with E-state index in [4.69, 9.17) is 0 Å². The molecule has 0 unspecified atom stereocenters. The first-order valence-corrected chi connectivity index (χ1v) is 7.06. The molecule has 0 bridgehead atoms. The smallest absolute Gasteiger partial charge is 0.267 e. The monoisotopic (exact) mass is 266 g/mol. The second-order valence-electron chi connectivity index (χ2n) is 3.80. The van der Waals surface area contributed by atoms with E-state index in [0.717, 1.165) is 16.2 Å². The Hall–Kier alpha value is -1.20. The summed E-state index contributed by atoms with van der Waals surface area (Å²) in [7, 11) is 0. The van der Waals surface area contributed by atoms with Gasteiger partial charge in [0.05, 0.1) is 4.88 Å². The Balaban J connectivity index is 2.14. The second-order valence-corrected chi connectivity index (χ2v) is 6.17. The van der Waals surface area contributed by atoms with Gasteiger partial charge in [0.1, 0.15) is 0 Å². The first-order valence-electron chi connectivity index (χ1n) is 5.43. The van der Waals surface area contributed by atoms with Crippen LogP contribution in [0.2, 0.25) is 0 Å². The topological polar surface area (TPSA) is 42.0 Å². The molecule has 0 saturated heterocycles. The Morgan fingerprint density at radius 2 is 2.18 bits per heavy atom. The molecule has 2 heterocycles. The third kappa shape index (κ3) is 2.73. The zero-order valence-electron chi connectivity index (χ0n) is 10.0. The zero-order valence-corrected chi connectivity index (χ0v) is 11.7. The summed E-state index contributed by atoms with van der Waals surface area (Å²) in [5.74, 6) is -0.0628. The molecule has 1 amide bonds. The molecular formula is C12H14N2OS2. The molecule has 17 heavy (non-hydrogen) atoms. The van der Waals surface area contributed by atoms with Gasteiger partial charge in [-0.3, -0.25) is 10.1 Å². The van der Waals surface area contributed by atoms with Crippen LogP contribution in [0.1, 0.15) is 31.9 Å². The minimum atomic E-state index is -0.0628. The fourth-order valence-electron chi connectivity index (χ4n) is 1.55. The molecule has 90 valence electrons. The summed E-state index contributed by atoms with van der Waals surface area (Å²) in [5, 5.41) is 3.49. The number of nitrogens with zero attached hydrogens (tertiary/aromatic N) is 1. The average Bonchev–Trinajstić information content (AvgIpc) is 2.85. The SMILES string of the molecule is CCc1sc(C(=O)Nc2ncc(C)s2)cc1C. The molecule has 2 aromatic rings. The standard InChI is InChI=1S/C12H14N2OS2/c1-4-9-7(2)5-10(17-9)11(15)14-12-13-6-8(3)16-12/h5-6H,4H2,1-3H3,(H,13,14,15). The molecule has 0 aliphatic carbocycles. The third-order valence-corrected chi connectivity index (χ3v) is 4.62. The van der Waals surface area contributed by atoms with Crippen molar-refractivity contribution in [3.8, 4) is 0 Å². The molecule has 2 aromatic heterocycles. The lowest BCUT2D eigenvalue weighted by Crippen LogP contribution is -2.09. The van der Waals surface area contributed by atoms with E-state index in [0.29, 0.717) is 5.13 Å². The number of hydrogen-bond donors (Lipinski definition) is 1. The molecule has 0 spiro atoms. The van der Waals surface area contributed by atoms with Crippen LogP contribution in [-0.2, 0) is 6.42 Å². The number of aromatic nitrogens is 1. The van der Waals surface area contributed by atoms with Gasteiger partial charge in [-0.25, -0.2) is 4.98 Å². The quantitative estimate of drug-likeness (QED) is 0.921. The number of thiazole rings is 1. The highest BCUT2D eigenvalue weighted by molar-refractivity contribution is 7.16. The van der Waals surface area contributed by atoms with Gasteiger partial charge in [-0.15, -0.1) is 22.7 Å². The van der Waals surface area contributed by atoms with E-state index in [1.807, 2.05) is 19.9 Å². The molecule has 0 aromatic carbocycles. The summed E-state index contributed by atoms with van der Waals surface area (Å²) in [5.41, 5.74) is 1.19. The third-order valence-electron chi connectivity index (χ3n) is 2.41. The second kappa shape index (κ2) is 4.98. The fraction of sp³-hybridized carbons (Fsp3) is 0.333. The van der Waals surface area contributed by atoms with Gasteiger partial charge >= 0.3 is 0 Å². The van der Waals surface area contributed by atoms with Gasteiger partial charge in [-0.05, 0) is 31.9 Å². The van der Waals surface area contributed by atoms with Crippen LogP contribution in [0.25, 0.3) is 0 Å². The van der Waals surface area contributed by atoms with Crippen LogP contribution < -0.4 is 5.32 Å². The molecule has 0 aliphatic rings. The van der Waals surface area contributed by atoms with E-state index >= 15 is 0 Å². The van der Waals surface area contributed by atoms with Crippen molar-refractivity contribution in [1.29, 1.82) is 0 Å². The number of thiophene rings is 1. The summed E-state index contributed by atoms with van der Waals surface area (Å²) in [6.45, 7) is 6.11. The van der Waals surface area contributed by atoms with Crippen molar-refractivity contribution in [2.24, 2.45) is 0 Å². The number of carbonyl (C=O) groups excluding carboxylic acids is 1. The van der Waals surface area contributed by atoms with Gasteiger partial charge in [-0.1, -0.05) is 6.92 Å². The molecule has 5 heteroatoms. The van der Waals surface area contributed by atoms with Crippen molar-refractivity contribution in [2.45, 2.75) is 27.2 Å². The van der Waals surface area contributed by atoms with Gasteiger partial charge in [0.2, 0.25) is 0 Å². The van der Waals surface area contributed by atoms with Gasteiger partial charge in [0.15, 0.2) is 5.13 Å². The highest BCUT2D eigenvalue weighted by Gasteiger charge is 2.12. The van der Waals surface area contributed by atoms with Gasteiger partial charge in [0.25, 0.3) is 5.91 Å². The molecule has 2 rings (SSSR count). The van der Waals surface area contributed by atoms with Crippen molar-refractivity contribution in [1.82, 2.24) is 4.98 Å². The Kier molecular flexibility index (Phi) is 3.59. The van der Waals surface area contributed by atoms with Gasteiger partial charge < -0.3 is 0 Å². The lowest BCUT2D eigenvalue weighted by Gasteiger charge is -1.97. The Labute approximate surface area is 109 Å². The summed E-state index contributed by atoms with van der Waals surface area (Å²) in [6, 6.07) is 1.94. The predicted molar refractivity (Wildman–Crippen MR) is 73.2 cm³/mol. The van der Waals surface area contributed by atoms with E-state index < -0.39 is 0 Å². The largest absolute Gasteiger partial charge is 0.297 e. The fourth-order valence-corrected chi connectivity index (χ4v) is 3.22. The highest BCUT2D eigenvalue weighted by Crippen LogP contribution is 2.24. The molecule has 0 atom stereocenters. The van der Waals surface area contributed by atoms with Crippen molar-refractivity contribution >= 4 is 33.7 Å². The molecule has 0 radical (unpaired) electrons. The molecule has 0 aliphatic heterocycles. The van der Waals surface area contributed by atoms with E-state index in [1.54, 1.807) is 17.5 Å². The van der Waals surface area contributed by atoms with Crippen LogP contribution in [0.4, 0.5) is 5.13 Å². The maximum Gasteiger partial charge on any atom is 0.267 e. The summed E-state index contributed by atoms with van der Waals surface area (Å²) in [6.07, 6.45) is 2.73. The average molecular weight is 266 g/mol. The normalized spacial score (nSPS) is 10.5. The summed E-state index contributed by atoms with van der Waals surface area (Å²) >= 11 is 3.05. The predicted octanol–water partition coefficient (Wildman–Crippen LogP) is 3.64. The maximum atomic E-state index is 12.0. The lowest BCUT2D eigenvalue weighted by atomic mass is 10.2. The minimum Gasteiger partial charge on any atom is -0.297 e. The van der Waals surface area contributed by atoms with Crippen LogP contribution in [0, 0.1) is 13.8 Å². The Bertz CT molecular complexity index is 542. The van der Waals surface area contributed by atoms with E-state index in [2.05, 4.69) is 17.2 Å². The number of carbonyl (C=O) groups is 1. The zero-order chi connectivity index (χ0) is 12.4. The maximum absolute atomic E-state index is 12.0. The lowest BCUT2D eigenvalue weighted by molar-refractivity contribution is 0.103. The number of hydrogen-bond acceptors (Lipinski definition) is 4. The Morgan fingerprint density at radius 3 is 2.71 bits per heavy atom. The van der Waals surface area contributed by atoms with Crippen LogP contribution in [0.15, 0.2) is 12.3 Å². The number of rotatable bonds is 3. The highest BCUT2D eigenvalue weighted by atomic mass is 32.1. The molecule has 0 saturated carbocycles. The first-order chi connectivity index (χ1) is 8.10. The van der Waals surface area contributed by atoms with Gasteiger partial charge in [0, 0.05) is 16.0 Å². The van der Waals surface area contributed by atoms with Crippen LogP contribution >= 0.6 is 22.7 Å². The van der Waals surface area contributed by atoms with Crippen molar-refractivity contribution in [3.63, 3.8) is 0 Å². The van der Waals surface area contributed by atoms with E-state index in [1.165, 1.54) is 21.8 Å². The molecule has 1 N–H and O–H groups in total. The molecule has 0 fully saturated rings. The van der Waals surface area contributed by atoms with Crippen LogP contribution in [0.3, 0.4) is 0 Å². The van der Waals surface area contributed by atoms with E-state index in [-0.39, 0.29) is 5.91 Å². The van der Waals surface area contributed by atoms with Crippen LogP contribution in [-0.4, -0.2) is 10.9 Å². The van der Waals surface area contributed by atoms with E-state index in [9.17, 15) is 4.79 Å². The van der Waals surface area contributed by atoms with Crippen molar-refractivity contribution in [3.05, 3.63) is 32.5 Å². The summed E-state index contributed by atoms with van der Waals surface area (Å²) < 4.78 is 0.